The second-order valence-corrected chi connectivity index (χ2v) is 18.4. The second kappa shape index (κ2) is 18.2. The number of phenolic OH excluding ortho intramolecular Hbond substituents is 1. The van der Waals surface area contributed by atoms with Crippen molar-refractivity contribution in [2.45, 2.75) is 146 Å². The number of hydrogen-bond acceptors (Lipinski definition) is 15. The summed E-state index contributed by atoms with van der Waals surface area (Å²) in [6.45, 7) is 8.31. The SMILES string of the molecule is COc1ccc(C(=O)O[C@H]2[C@H](O[C@@H]3[C@@H](OC(C)=O)[C@H](O[C@H]4C[C@H]5[C@@H]6CCc7cc(O)ccc7[C@H]6CC[C@]5(C)[C@@]4(O)[C@H](C)C(=O)CCC(C)C)OC[C@@H]3O)OC[C@@H](O)[C@@H]2O)cc1. The Kier molecular flexibility index (Phi) is 13.5. The fourth-order valence-corrected chi connectivity index (χ4v) is 11.0. The molecule has 0 amide bonds. The third-order valence-corrected chi connectivity index (χ3v) is 14.4. The van der Waals surface area contributed by atoms with Crippen LogP contribution in [0.25, 0.3) is 0 Å². The van der Waals surface area contributed by atoms with Crippen LogP contribution in [0.5, 0.6) is 11.5 Å². The lowest BCUT2D eigenvalue weighted by Gasteiger charge is -2.55. The molecular formula is C46H62O15. The zero-order chi connectivity index (χ0) is 44.0. The predicted molar refractivity (Wildman–Crippen MR) is 216 cm³/mol. The number of aliphatic hydroxyl groups excluding tert-OH is 3. The van der Waals surface area contributed by atoms with Gasteiger partial charge >= 0.3 is 11.9 Å². The summed E-state index contributed by atoms with van der Waals surface area (Å²) in [6, 6.07) is 11.6. The van der Waals surface area contributed by atoms with E-state index in [1.54, 1.807) is 25.1 Å². The molecule has 0 radical (unpaired) electrons. The molecule has 0 unspecified atom stereocenters. The highest BCUT2D eigenvalue weighted by molar-refractivity contribution is 5.89. The van der Waals surface area contributed by atoms with Gasteiger partial charge in [0.25, 0.3) is 0 Å². The third kappa shape index (κ3) is 8.69. The van der Waals surface area contributed by atoms with Crippen LogP contribution < -0.4 is 4.74 Å². The average molecular weight is 855 g/mol. The Balaban J connectivity index is 1.18. The van der Waals surface area contributed by atoms with Gasteiger partial charge in [0.2, 0.25) is 0 Å². The lowest BCUT2D eigenvalue weighted by molar-refractivity contribution is -0.345. The van der Waals surface area contributed by atoms with E-state index in [1.165, 1.54) is 31.7 Å². The molecule has 336 valence electrons. The molecule has 2 aliphatic heterocycles. The van der Waals surface area contributed by atoms with Crippen molar-refractivity contribution >= 4 is 17.7 Å². The maximum Gasteiger partial charge on any atom is 0.338 e. The summed E-state index contributed by atoms with van der Waals surface area (Å²) in [4.78, 5) is 40.1. The molecule has 2 saturated heterocycles. The van der Waals surface area contributed by atoms with E-state index in [-0.39, 0.29) is 53.8 Å². The molecule has 15 nitrogen and oxygen atoms in total. The maximum absolute atomic E-state index is 14.1. The van der Waals surface area contributed by atoms with Crippen LogP contribution in [-0.4, -0.2) is 124 Å². The molecule has 2 heterocycles. The molecule has 4 fully saturated rings. The number of aryl methyl sites for hydroxylation is 1. The fraction of sp³-hybridized carbons (Fsp3) is 0.674. The van der Waals surface area contributed by atoms with Gasteiger partial charge in [-0.2, -0.15) is 0 Å². The summed E-state index contributed by atoms with van der Waals surface area (Å²) in [6.07, 6.45) is -8.78. The minimum Gasteiger partial charge on any atom is -0.508 e. The van der Waals surface area contributed by atoms with Gasteiger partial charge in [0.15, 0.2) is 24.8 Å². The van der Waals surface area contributed by atoms with Crippen LogP contribution in [0.1, 0.15) is 101 Å². The maximum atomic E-state index is 14.1. The number of ketones is 1. The van der Waals surface area contributed by atoms with E-state index < -0.39 is 90.8 Å². The first kappa shape index (κ1) is 45.4. The fourth-order valence-electron chi connectivity index (χ4n) is 11.0. The third-order valence-electron chi connectivity index (χ3n) is 14.4. The van der Waals surface area contributed by atoms with Crippen LogP contribution in [-0.2, 0) is 44.4 Å². The van der Waals surface area contributed by atoms with E-state index in [4.69, 9.17) is 33.2 Å². The number of aliphatic hydroxyl groups is 4. The molecule has 15 heteroatoms. The highest BCUT2D eigenvalue weighted by atomic mass is 16.8. The summed E-state index contributed by atoms with van der Waals surface area (Å²) in [5.74, 6) is -1.30. The number of Topliss-reactive ketones (excluding diaryl/α,β-unsaturated/α-hetero) is 1. The van der Waals surface area contributed by atoms with E-state index in [0.29, 0.717) is 25.0 Å². The number of carbonyl (C=O) groups excluding carboxylic acids is 3. The molecule has 0 aromatic heterocycles. The normalized spacial score (nSPS) is 37.5. The van der Waals surface area contributed by atoms with Gasteiger partial charge in [-0.05, 0) is 110 Å². The van der Waals surface area contributed by atoms with Gasteiger partial charge in [-0.25, -0.2) is 4.79 Å². The van der Waals surface area contributed by atoms with Gasteiger partial charge in [-0.1, -0.05) is 33.8 Å². The Bertz CT molecular complexity index is 1890. The van der Waals surface area contributed by atoms with Crippen LogP contribution in [0.3, 0.4) is 0 Å². The molecule has 2 aromatic rings. The number of benzene rings is 2. The topological polar surface area (TPSA) is 217 Å². The number of esters is 2. The van der Waals surface area contributed by atoms with Crippen LogP contribution in [0.4, 0.5) is 0 Å². The summed E-state index contributed by atoms with van der Waals surface area (Å²) in [5.41, 5.74) is -0.0257. The first-order valence-corrected chi connectivity index (χ1v) is 21.6. The van der Waals surface area contributed by atoms with Gasteiger partial charge in [0.05, 0.1) is 32.0 Å². The van der Waals surface area contributed by atoms with Crippen LogP contribution in [0.15, 0.2) is 42.5 Å². The highest BCUT2D eigenvalue weighted by Gasteiger charge is 2.69. The van der Waals surface area contributed by atoms with Gasteiger partial charge in [-0.3, -0.25) is 9.59 Å². The van der Waals surface area contributed by atoms with Crippen molar-refractivity contribution in [3.63, 3.8) is 0 Å². The van der Waals surface area contributed by atoms with Crippen molar-refractivity contribution in [3.05, 3.63) is 59.2 Å². The Morgan fingerprint density at radius 1 is 0.885 bits per heavy atom. The summed E-state index contributed by atoms with van der Waals surface area (Å²) < 4.78 is 41.5. The number of carbonyl (C=O) groups is 3. The molecule has 0 bridgehead atoms. The molecule has 3 aliphatic carbocycles. The zero-order valence-corrected chi connectivity index (χ0v) is 35.8. The van der Waals surface area contributed by atoms with E-state index >= 15 is 0 Å². The van der Waals surface area contributed by atoms with Gasteiger partial charge in [0.1, 0.15) is 47.3 Å². The van der Waals surface area contributed by atoms with Crippen LogP contribution >= 0.6 is 0 Å². The molecule has 5 aliphatic rings. The Labute approximate surface area is 356 Å². The Morgan fingerprint density at radius 3 is 2.25 bits per heavy atom. The van der Waals surface area contributed by atoms with Gasteiger partial charge in [0, 0.05) is 24.7 Å². The standard InChI is InChI=1S/C46H62O15/c1-23(2)7-16-34(49)24(3)46(54)37(20-33-32-14-10-27-19-28(48)11-15-30(27)31(32)17-18-45(33,46)5)59-44-41(58-25(4)47)39(36(51)22-57-44)61-43-40(38(52)35(50)21-56-43)60-42(53)26-8-12-29(55-6)13-9-26/h8-9,11-13,15,19,23-24,31-33,35-41,43-44,48,50-52,54H,7,10,14,16-18,20-22H2,1-6H3/t24-,31-,32-,33+,35-,36+,37+,38+,39+,40-,41-,43+,44+,45+,46-/m1/s1. The molecule has 2 saturated carbocycles. The molecule has 61 heavy (non-hydrogen) atoms. The lowest BCUT2D eigenvalue weighted by atomic mass is 9.51. The zero-order valence-electron chi connectivity index (χ0n) is 35.8. The Morgan fingerprint density at radius 2 is 1.57 bits per heavy atom. The van der Waals surface area contributed by atoms with Crippen molar-refractivity contribution in [3.8, 4) is 11.5 Å². The van der Waals surface area contributed by atoms with Gasteiger partial charge in [-0.15, -0.1) is 0 Å². The van der Waals surface area contributed by atoms with Crippen molar-refractivity contribution < 1.29 is 73.1 Å². The molecule has 5 N–H and O–H groups in total. The Hall–Kier alpha value is -3.67. The molecule has 7 rings (SSSR count). The lowest BCUT2D eigenvalue weighted by Crippen LogP contribution is -2.64. The first-order chi connectivity index (χ1) is 29.0. The quantitative estimate of drug-likeness (QED) is 0.180. The van der Waals surface area contributed by atoms with Crippen molar-refractivity contribution in [1.82, 2.24) is 0 Å². The molecular weight excluding hydrogens is 792 g/mol. The van der Waals surface area contributed by atoms with E-state index in [2.05, 4.69) is 6.92 Å². The number of hydrogen-bond donors (Lipinski definition) is 5. The second-order valence-electron chi connectivity index (χ2n) is 18.4. The van der Waals surface area contributed by atoms with Crippen LogP contribution in [0.2, 0.25) is 0 Å². The molecule has 15 atom stereocenters. The predicted octanol–water partition coefficient (Wildman–Crippen LogP) is 3.96. The molecule has 2 aromatic carbocycles. The smallest absolute Gasteiger partial charge is 0.338 e. The van der Waals surface area contributed by atoms with Crippen LogP contribution in [0, 0.1) is 29.1 Å². The van der Waals surface area contributed by atoms with E-state index in [0.717, 1.165) is 24.8 Å². The van der Waals surface area contributed by atoms with E-state index in [1.807, 2.05) is 26.0 Å². The minimum atomic E-state index is -1.68. The summed E-state index contributed by atoms with van der Waals surface area (Å²) in [7, 11) is 1.48. The van der Waals surface area contributed by atoms with Crippen molar-refractivity contribution in [1.29, 1.82) is 0 Å². The number of phenols is 1. The van der Waals surface area contributed by atoms with Crippen molar-refractivity contribution in [2.75, 3.05) is 20.3 Å². The minimum absolute atomic E-state index is 0.0818. The average Bonchev–Trinajstić information content (AvgIpc) is 3.46. The first-order valence-electron chi connectivity index (χ1n) is 21.6. The number of fused-ring (bicyclic) bond motifs is 5. The van der Waals surface area contributed by atoms with E-state index in [9.17, 15) is 39.9 Å². The number of aromatic hydroxyl groups is 1. The summed E-state index contributed by atoms with van der Waals surface area (Å²) in [5, 5.41) is 56.6. The largest absolute Gasteiger partial charge is 0.508 e. The number of rotatable bonds is 13. The summed E-state index contributed by atoms with van der Waals surface area (Å²) >= 11 is 0. The van der Waals surface area contributed by atoms with Gasteiger partial charge < -0.3 is 58.7 Å². The highest BCUT2D eigenvalue weighted by Crippen LogP contribution is 2.67. The monoisotopic (exact) mass is 854 g/mol. The number of methoxy groups -OCH3 is 1. The molecule has 0 spiro atoms. The van der Waals surface area contributed by atoms with Crippen molar-refractivity contribution in [2.24, 2.45) is 29.1 Å². The number of ether oxygens (including phenoxy) is 7.